The van der Waals surface area contributed by atoms with Crippen LogP contribution in [0.4, 0.5) is 8.78 Å². The first-order valence-corrected chi connectivity index (χ1v) is 6.78. The average Bonchev–Trinajstić information content (AvgIpc) is 2.39. The molecule has 2 N–H and O–H groups in total. The van der Waals surface area contributed by atoms with Crippen molar-refractivity contribution in [2.75, 3.05) is 13.1 Å². The molecule has 4 heteroatoms. The van der Waals surface area contributed by atoms with Gasteiger partial charge in [-0.1, -0.05) is 13.3 Å². The summed E-state index contributed by atoms with van der Waals surface area (Å²) < 4.78 is 25.0. The zero-order valence-corrected chi connectivity index (χ0v) is 11.1. The summed E-state index contributed by atoms with van der Waals surface area (Å²) in [5, 5.41) is 0. The maximum absolute atomic E-state index is 12.5. The van der Waals surface area contributed by atoms with E-state index in [1.807, 2.05) is 0 Å². The Hall–Kier alpha value is -0.220. The molecule has 1 heterocycles. The van der Waals surface area contributed by atoms with E-state index in [2.05, 4.69) is 18.7 Å². The maximum atomic E-state index is 12.5. The lowest BCUT2D eigenvalue weighted by atomic mass is 9.88. The molecule has 0 amide bonds. The van der Waals surface area contributed by atoms with Crippen LogP contribution in [0.3, 0.4) is 0 Å². The molecule has 17 heavy (non-hydrogen) atoms. The van der Waals surface area contributed by atoms with Gasteiger partial charge in [-0.05, 0) is 39.2 Å². The lowest BCUT2D eigenvalue weighted by molar-refractivity contribution is 0.0977. The van der Waals surface area contributed by atoms with Gasteiger partial charge in [0.1, 0.15) is 0 Å². The van der Waals surface area contributed by atoms with E-state index in [-0.39, 0.29) is 6.42 Å². The Balaban J connectivity index is 2.48. The fourth-order valence-electron chi connectivity index (χ4n) is 2.79. The molecule has 1 aliphatic heterocycles. The summed E-state index contributed by atoms with van der Waals surface area (Å²) in [6.07, 6.45) is 2.28. The predicted molar refractivity (Wildman–Crippen MR) is 67.3 cm³/mol. The first-order chi connectivity index (χ1) is 7.97. The highest BCUT2D eigenvalue weighted by Crippen LogP contribution is 2.27. The molecular weight excluding hydrogens is 222 g/mol. The van der Waals surface area contributed by atoms with E-state index < -0.39 is 12.0 Å². The Labute approximate surface area is 104 Å². The van der Waals surface area contributed by atoms with E-state index in [1.165, 1.54) is 12.8 Å². The minimum Gasteiger partial charge on any atom is -0.325 e. The highest BCUT2D eigenvalue weighted by Gasteiger charge is 2.32. The third-order valence-corrected chi connectivity index (χ3v) is 3.91. The maximum Gasteiger partial charge on any atom is 0.240 e. The molecule has 1 rings (SSSR count). The summed E-state index contributed by atoms with van der Waals surface area (Å²) in [7, 11) is 0. The molecule has 0 radical (unpaired) electrons. The molecule has 0 spiro atoms. The summed E-state index contributed by atoms with van der Waals surface area (Å²) in [4.78, 5) is 2.41. The second-order valence-corrected chi connectivity index (χ2v) is 5.48. The molecule has 0 aliphatic carbocycles. The summed E-state index contributed by atoms with van der Waals surface area (Å²) in [5.41, 5.74) is 5.45. The second-order valence-electron chi connectivity index (χ2n) is 5.48. The van der Waals surface area contributed by atoms with Gasteiger partial charge in [0.2, 0.25) is 6.43 Å². The number of hydrogen-bond acceptors (Lipinski definition) is 2. The van der Waals surface area contributed by atoms with Crippen LogP contribution in [0.2, 0.25) is 0 Å². The monoisotopic (exact) mass is 248 g/mol. The van der Waals surface area contributed by atoms with Crippen molar-refractivity contribution in [3.8, 4) is 0 Å². The van der Waals surface area contributed by atoms with Gasteiger partial charge in [0, 0.05) is 24.5 Å². The third kappa shape index (κ3) is 4.88. The fourth-order valence-corrected chi connectivity index (χ4v) is 2.79. The molecule has 1 aliphatic rings. The van der Waals surface area contributed by atoms with Gasteiger partial charge in [0.15, 0.2) is 0 Å². The van der Waals surface area contributed by atoms with Gasteiger partial charge < -0.3 is 10.6 Å². The number of alkyl halides is 2. The summed E-state index contributed by atoms with van der Waals surface area (Å²) in [5.74, 6) is 0. The van der Waals surface area contributed by atoms with Crippen LogP contribution in [0.25, 0.3) is 0 Å². The summed E-state index contributed by atoms with van der Waals surface area (Å²) in [6, 6.07) is 0.550. The Bertz CT molecular complexity index is 223. The van der Waals surface area contributed by atoms with E-state index in [4.69, 9.17) is 5.73 Å². The molecule has 102 valence electrons. The van der Waals surface area contributed by atoms with Crippen LogP contribution in [-0.2, 0) is 0 Å². The van der Waals surface area contributed by atoms with Crippen LogP contribution in [0.5, 0.6) is 0 Å². The van der Waals surface area contributed by atoms with E-state index in [0.717, 1.165) is 25.9 Å². The van der Waals surface area contributed by atoms with E-state index >= 15 is 0 Å². The van der Waals surface area contributed by atoms with Crippen LogP contribution in [0.1, 0.15) is 52.4 Å². The molecule has 1 saturated heterocycles. The molecule has 0 aromatic rings. The topological polar surface area (TPSA) is 29.3 Å². The van der Waals surface area contributed by atoms with Crippen LogP contribution in [-0.4, -0.2) is 36.0 Å². The Kier molecular flexibility index (Phi) is 5.80. The smallest absolute Gasteiger partial charge is 0.240 e. The van der Waals surface area contributed by atoms with Crippen LogP contribution in [0, 0.1) is 0 Å². The van der Waals surface area contributed by atoms with Crippen molar-refractivity contribution in [2.45, 2.75) is 70.4 Å². The molecule has 0 aromatic carbocycles. The number of halogens is 2. The van der Waals surface area contributed by atoms with E-state index in [0.29, 0.717) is 12.5 Å². The summed E-state index contributed by atoms with van der Waals surface area (Å²) in [6.45, 7) is 6.27. The van der Waals surface area contributed by atoms with Crippen molar-refractivity contribution in [1.82, 2.24) is 4.90 Å². The normalized spacial score (nSPS) is 29.3. The van der Waals surface area contributed by atoms with Gasteiger partial charge in [0.05, 0.1) is 0 Å². The molecule has 2 nitrogen and oxygen atoms in total. The molecule has 1 unspecified atom stereocenters. The fraction of sp³-hybridized carbons (Fsp3) is 1.00. The number of hydrogen-bond donors (Lipinski definition) is 1. The van der Waals surface area contributed by atoms with E-state index in [1.54, 1.807) is 0 Å². The van der Waals surface area contributed by atoms with Crippen LogP contribution in [0.15, 0.2) is 0 Å². The Morgan fingerprint density at radius 1 is 1.29 bits per heavy atom. The lowest BCUT2D eigenvalue weighted by Crippen LogP contribution is -2.43. The van der Waals surface area contributed by atoms with Crippen molar-refractivity contribution >= 4 is 0 Å². The molecule has 1 fully saturated rings. The van der Waals surface area contributed by atoms with Gasteiger partial charge in [0.25, 0.3) is 0 Å². The Morgan fingerprint density at radius 2 is 2.00 bits per heavy atom. The zero-order chi connectivity index (χ0) is 12.9. The molecule has 2 atom stereocenters. The molecule has 0 aromatic heterocycles. The number of nitrogens with two attached hydrogens (primary N) is 1. The first-order valence-electron chi connectivity index (χ1n) is 6.78. The average molecular weight is 248 g/mol. The lowest BCUT2D eigenvalue weighted by Gasteiger charge is -2.30. The minimum atomic E-state index is -2.28. The number of rotatable bonds is 5. The number of nitrogens with zero attached hydrogens (tertiary/aromatic N) is 1. The highest BCUT2D eigenvalue weighted by molar-refractivity contribution is 4.89. The van der Waals surface area contributed by atoms with Gasteiger partial charge in [-0.2, -0.15) is 0 Å². The second kappa shape index (κ2) is 6.64. The van der Waals surface area contributed by atoms with Crippen LogP contribution < -0.4 is 5.73 Å². The molecule has 0 bridgehead atoms. The first kappa shape index (κ1) is 14.8. The van der Waals surface area contributed by atoms with Gasteiger partial charge in [-0.15, -0.1) is 0 Å². The van der Waals surface area contributed by atoms with Crippen LogP contribution >= 0.6 is 0 Å². The highest BCUT2D eigenvalue weighted by atomic mass is 19.3. The van der Waals surface area contributed by atoms with Crippen molar-refractivity contribution in [2.24, 2.45) is 5.73 Å². The van der Waals surface area contributed by atoms with Crippen molar-refractivity contribution in [3.63, 3.8) is 0 Å². The van der Waals surface area contributed by atoms with Gasteiger partial charge in [-0.3, -0.25) is 0 Å². The largest absolute Gasteiger partial charge is 0.325 e. The third-order valence-electron chi connectivity index (χ3n) is 3.91. The predicted octanol–water partition coefficient (Wildman–Crippen LogP) is 3.01. The molecular formula is C13H26F2N2. The number of likely N-dealkylation sites (tertiary alicyclic amines) is 1. The van der Waals surface area contributed by atoms with Crippen molar-refractivity contribution < 1.29 is 8.78 Å². The zero-order valence-electron chi connectivity index (χ0n) is 11.1. The van der Waals surface area contributed by atoms with Gasteiger partial charge in [-0.25, -0.2) is 8.78 Å². The Morgan fingerprint density at radius 3 is 2.59 bits per heavy atom. The minimum absolute atomic E-state index is 0.150. The van der Waals surface area contributed by atoms with Crippen molar-refractivity contribution in [1.29, 1.82) is 0 Å². The van der Waals surface area contributed by atoms with Gasteiger partial charge >= 0.3 is 0 Å². The van der Waals surface area contributed by atoms with E-state index in [9.17, 15) is 8.78 Å². The summed E-state index contributed by atoms with van der Waals surface area (Å²) >= 11 is 0. The molecule has 0 saturated carbocycles. The SMILES string of the molecule is CCCC(C)N1CCC[C@](N)(CC(F)F)CC1. The standard InChI is InChI=1S/C13H26F2N2/c1-3-5-11(2)17-8-4-6-13(16,7-9-17)10-12(14)15/h11-12H,3-10,16H2,1-2H3/t11?,13-/m1/s1. The van der Waals surface area contributed by atoms with Crippen molar-refractivity contribution in [3.05, 3.63) is 0 Å². The quantitative estimate of drug-likeness (QED) is 0.810.